The number of morpholine rings is 1. The highest BCUT2D eigenvalue weighted by Gasteiger charge is 2.21. The summed E-state index contributed by atoms with van der Waals surface area (Å²) in [5, 5.41) is 3.24. The Morgan fingerprint density at radius 3 is 2.52 bits per heavy atom. The molecule has 2 saturated heterocycles. The minimum atomic E-state index is -0.323. The maximum absolute atomic E-state index is 14.3. The van der Waals surface area contributed by atoms with Gasteiger partial charge in [-0.15, -0.1) is 0 Å². The minimum Gasteiger partial charge on any atom is -0.378 e. The summed E-state index contributed by atoms with van der Waals surface area (Å²) < 4.78 is 19.5. The summed E-state index contributed by atoms with van der Waals surface area (Å²) in [7, 11) is 0. The molecule has 1 aromatic carbocycles. The largest absolute Gasteiger partial charge is 0.378 e. The molecule has 2 fully saturated rings. The second-order valence-corrected chi connectivity index (χ2v) is 5.31. The number of halogens is 1. The van der Waals surface area contributed by atoms with Crippen molar-refractivity contribution in [2.45, 2.75) is 0 Å². The molecule has 2 aliphatic rings. The number of nitrogens with zero attached hydrogens (tertiary/aromatic N) is 2. The highest BCUT2D eigenvalue weighted by molar-refractivity contribution is 5.94. The van der Waals surface area contributed by atoms with Crippen LogP contribution >= 0.6 is 0 Å². The van der Waals surface area contributed by atoms with Gasteiger partial charge in [0.05, 0.1) is 18.9 Å². The van der Waals surface area contributed by atoms with Crippen LogP contribution in [0.25, 0.3) is 0 Å². The van der Waals surface area contributed by atoms with Crippen molar-refractivity contribution < 1.29 is 13.9 Å². The average molecular weight is 293 g/mol. The van der Waals surface area contributed by atoms with E-state index in [9.17, 15) is 9.18 Å². The number of carbonyl (C=O) groups excluding carboxylic acids is 1. The standard InChI is InChI=1S/C15H20FN3O2/c16-13-11-12(15(20)19-7-9-21-10-8-19)1-2-14(13)18-5-3-17-4-6-18/h1-2,11,17H,3-10H2. The Kier molecular flexibility index (Phi) is 4.36. The summed E-state index contributed by atoms with van der Waals surface area (Å²) in [6.07, 6.45) is 0. The molecule has 114 valence electrons. The molecule has 3 rings (SSSR count). The van der Waals surface area contributed by atoms with Crippen molar-refractivity contribution in [3.63, 3.8) is 0 Å². The number of ether oxygens (including phenoxy) is 1. The maximum Gasteiger partial charge on any atom is 0.254 e. The summed E-state index contributed by atoms with van der Waals surface area (Å²) >= 11 is 0. The first-order valence-electron chi connectivity index (χ1n) is 7.38. The summed E-state index contributed by atoms with van der Waals surface area (Å²) in [4.78, 5) is 16.0. The number of hydrogen-bond donors (Lipinski definition) is 1. The Hall–Kier alpha value is -1.66. The van der Waals surface area contributed by atoms with Crippen molar-refractivity contribution in [2.24, 2.45) is 0 Å². The minimum absolute atomic E-state index is 0.121. The molecule has 2 aliphatic heterocycles. The van der Waals surface area contributed by atoms with Gasteiger partial charge in [-0.25, -0.2) is 4.39 Å². The van der Waals surface area contributed by atoms with E-state index in [2.05, 4.69) is 5.32 Å². The molecule has 6 heteroatoms. The zero-order chi connectivity index (χ0) is 14.7. The van der Waals surface area contributed by atoms with Crippen molar-refractivity contribution in [3.05, 3.63) is 29.6 Å². The molecule has 0 aliphatic carbocycles. The van der Waals surface area contributed by atoms with Crippen LogP contribution in [0.5, 0.6) is 0 Å². The van der Waals surface area contributed by atoms with E-state index in [1.807, 2.05) is 4.90 Å². The molecule has 2 heterocycles. The van der Waals surface area contributed by atoms with Crippen LogP contribution in [0.1, 0.15) is 10.4 Å². The Labute approximate surface area is 123 Å². The predicted octanol–water partition coefficient (Wildman–Crippen LogP) is 0.708. The average Bonchev–Trinajstić information content (AvgIpc) is 2.55. The number of nitrogens with one attached hydrogen (secondary N) is 1. The van der Waals surface area contributed by atoms with E-state index in [1.54, 1.807) is 17.0 Å². The molecule has 0 aromatic heterocycles. The smallest absolute Gasteiger partial charge is 0.254 e. The summed E-state index contributed by atoms with van der Waals surface area (Å²) in [6, 6.07) is 4.79. The summed E-state index contributed by atoms with van der Waals surface area (Å²) in [6.45, 7) is 5.52. The number of hydrogen-bond acceptors (Lipinski definition) is 4. The van der Waals surface area contributed by atoms with Crippen LogP contribution in [0.4, 0.5) is 10.1 Å². The molecule has 21 heavy (non-hydrogen) atoms. The molecule has 0 spiro atoms. The first-order chi connectivity index (χ1) is 10.3. The Morgan fingerprint density at radius 2 is 1.86 bits per heavy atom. The van der Waals surface area contributed by atoms with Gasteiger partial charge in [-0.1, -0.05) is 0 Å². The van der Waals surface area contributed by atoms with E-state index in [4.69, 9.17) is 4.74 Å². The van der Waals surface area contributed by atoms with Gasteiger partial charge in [0, 0.05) is 44.8 Å². The van der Waals surface area contributed by atoms with Crippen LogP contribution < -0.4 is 10.2 Å². The molecule has 1 amide bonds. The first-order valence-corrected chi connectivity index (χ1v) is 7.38. The highest BCUT2D eigenvalue weighted by Crippen LogP contribution is 2.22. The quantitative estimate of drug-likeness (QED) is 0.872. The number of anilines is 1. The molecule has 0 bridgehead atoms. The maximum atomic E-state index is 14.3. The van der Waals surface area contributed by atoms with Gasteiger partial charge in [0.15, 0.2) is 0 Å². The fourth-order valence-corrected chi connectivity index (χ4v) is 2.75. The third-order valence-corrected chi connectivity index (χ3v) is 3.95. The molecule has 0 unspecified atom stereocenters. The van der Waals surface area contributed by atoms with Crippen LogP contribution in [0, 0.1) is 5.82 Å². The van der Waals surface area contributed by atoms with Crippen LogP contribution in [0.2, 0.25) is 0 Å². The number of benzene rings is 1. The number of amides is 1. The zero-order valence-corrected chi connectivity index (χ0v) is 12.0. The van der Waals surface area contributed by atoms with Crippen molar-refractivity contribution in [3.8, 4) is 0 Å². The molecule has 0 radical (unpaired) electrons. The van der Waals surface area contributed by atoms with E-state index in [0.29, 0.717) is 37.6 Å². The second-order valence-electron chi connectivity index (χ2n) is 5.31. The Morgan fingerprint density at radius 1 is 1.14 bits per heavy atom. The van der Waals surface area contributed by atoms with Crippen molar-refractivity contribution in [1.29, 1.82) is 0 Å². The Balaban J connectivity index is 1.75. The highest BCUT2D eigenvalue weighted by atomic mass is 19.1. The van der Waals surface area contributed by atoms with Crippen molar-refractivity contribution in [1.82, 2.24) is 10.2 Å². The third-order valence-electron chi connectivity index (χ3n) is 3.95. The van der Waals surface area contributed by atoms with E-state index in [1.165, 1.54) is 6.07 Å². The van der Waals surface area contributed by atoms with Gasteiger partial charge < -0.3 is 19.9 Å². The van der Waals surface area contributed by atoms with E-state index < -0.39 is 0 Å². The lowest BCUT2D eigenvalue weighted by atomic mass is 10.1. The van der Waals surface area contributed by atoms with Crippen LogP contribution in [0.3, 0.4) is 0 Å². The Bertz CT molecular complexity index is 512. The molecule has 1 aromatic rings. The van der Waals surface area contributed by atoms with Gasteiger partial charge in [0.1, 0.15) is 5.82 Å². The monoisotopic (exact) mass is 293 g/mol. The lowest BCUT2D eigenvalue weighted by Crippen LogP contribution is -2.44. The lowest BCUT2D eigenvalue weighted by Gasteiger charge is -2.30. The topological polar surface area (TPSA) is 44.8 Å². The summed E-state index contributed by atoms with van der Waals surface area (Å²) in [5.74, 6) is -0.444. The van der Waals surface area contributed by atoms with Crippen molar-refractivity contribution >= 4 is 11.6 Å². The normalized spacial score (nSPS) is 19.7. The zero-order valence-electron chi connectivity index (χ0n) is 12.0. The van der Waals surface area contributed by atoms with Gasteiger partial charge in [0.2, 0.25) is 0 Å². The van der Waals surface area contributed by atoms with Gasteiger partial charge in [-0.05, 0) is 18.2 Å². The van der Waals surface area contributed by atoms with E-state index in [-0.39, 0.29) is 11.7 Å². The number of rotatable bonds is 2. The molecule has 0 saturated carbocycles. The number of piperazine rings is 1. The van der Waals surface area contributed by atoms with Gasteiger partial charge in [0.25, 0.3) is 5.91 Å². The fourth-order valence-electron chi connectivity index (χ4n) is 2.75. The van der Waals surface area contributed by atoms with E-state index in [0.717, 1.165) is 26.2 Å². The van der Waals surface area contributed by atoms with E-state index >= 15 is 0 Å². The number of carbonyl (C=O) groups is 1. The fraction of sp³-hybridized carbons (Fsp3) is 0.533. The van der Waals surface area contributed by atoms with Crippen LogP contribution in [-0.4, -0.2) is 63.3 Å². The summed E-state index contributed by atoms with van der Waals surface area (Å²) in [5.41, 5.74) is 0.989. The van der Waals surface area contributed by atoms with Gasteiger partial charge >= 0.3 is 0 Å². The molecule has 1 N–H and O–H groups in total. The molecule has 5 nitrogen and oxygen atoms in total. The van der Waals surface area contributed by atoms with Crippen molar-refractivity contribution in [2.75, 3.05) is 57.4 Å². The molecular formula is C15H20FN3O2. The van der Waals surface area contributed by atoms with Gasteiger partial charge in [-0.3, -0.25) is 4.79 Å². The second kappa shape index (κ2) is 6.41. The van der Waals surface area contributed by atoms with Crippen LogP contribution in [-0.2, 0) is 4.74 Å². The SMILES string of the molecule is O=C(c1ccc(N2CCNCC2)c(F)c1)N1CCOCC1. The first kappa shape index (κ1) is 14.3. The molecular weight excluding hydrogens is 273 g/mol. The lowest BCUT2D eigenvalue weighted by molar-refractivity contribution is 0.0302. The molecule has 0 atom stereocenters. The predicted molar refractivity (Wildman–Crippen MR) is 78.2 cm³/mol. The third kappa shape index (κ3) is 3.16. The van der Waals surface area contributed by atoms with Gasteiger partial charge in [-0.2, -0.15) is 0 Å². The van der Waals surface area contributed by atoms with Crippen LogP contribution in [0.15, 0.2) is 18.2 Å².